The molecule has 0 spiro atoms. The largest absolute Gasteiger partial charge is 0.353 e. The number of amides is 2. The fourth-order valence-electron chi connectivity index (χ4n) is 1.26. The van der Waals surface area contributed by atoms with Gasteiger partial charge in [0.05, 0.1) is 0 Å². The van der Waals surface area contributed by atoms with Crippen LogP contribution in [0.3, 0.4) is 0 Å². The van der Waals surface area contributed by atoms with Gasteiger partial charge in [-0.05, 0) is 38.1 Å². The molecule has 0 radical (unpaired) electrons. The third-order valence-corrected chi connectivity index (χ3v) is 2.43. The first kappa shape index (κ1) is 13.7. The second-order valence-electron chi connectivity index (χ2n) is 3.95. The third kappa shape index (κ3) is 5.49. The molecule has 0 heterocycles. The lowest BCUT2D eigenvalue weighted by Gasteiger charge is -2.08. The van der Waals surface area contributed by atoms with Crippen molar-refractivity contribution in [3.05, 3.63) is 28.7 Å². The molecule has 0 aliphatic carbocycles. The zero-order valence-corrected chi connectivity index (χ0v) is 11.4. The first-order valence-corrected chi connectivity index (χ1v) is 6.11. The second-order valence-corrected chi connectivity index (χ2v) is 4.87. The molecule has 1 aromatic rings. The van der Waals surface area contributed by atoms with E-state index >= 15 is 0 Å². The van der Waals surface area contributed by atoms with Gasteiger partial charge in [0, 0.05) is 16.2 Å². The van der Waals surface area contributed by atoms with Crippen molar-refractivity contribution in [2.75, 3.05) is 5.32 Å². The minimum Gasteiger partial charge on any atom is -0.353 e. The molecule has 0 saturated carbocycles. The van der Waals surface area contributed by atoms with E-state index in [2.05, 4.69) is 26.6 Å². The zero-order valence-electron chi connectivity index (χ0n) is 9.79. The number of hydrogen-bond donors (Lipinski definition) is 2. The van der Waals surface area contributed by atoms with Crippen LogP contribution in [-0.2, 0) is 9.59 Å². The van der Waals surface area contributed by atoms with Crippen LogP contribution in [0, 0.1) is 0 Å². The maximum atomic E-state index is 11.5. The number of hydrogen-bond acceptors (Lipinski definition) is 2. The maximum Gasteiger partial charge on any atom is 0.233 e. The maximum absolute atomic E-state index is 11.5. The average Bonchev–Trinajstić information content (AvgIpc) is 2.19. The van der Waals surface area contributed by atoms with Crippen LogP contribution in [0.25, 0.3) is 0 Å². The highest BCUT2D eigenvalue weighted by Gasteiger charge is 2.10. The lowest BCUT2D eigenvalue weighted by Crippen LogP contribution is -2.33. The van der Waals surface area contributed by atoms with E-state index in [4.69, 9.17) is 0 Å². The van der Waals surface area contributed by atoms with E-state index < -0.39 is 0 Å². The van der Waals surface area contributed by atoms with Gasteiger partial charge in [-0.1, -0.05) is 15.9 Å². The molecule has 4 nitrogen and oxygen atoms in total. The van der Waals surface area contributed by atoms with Crippen LogP contribution in [-0.4, -0.2) is 17.9 Å². The van der Waals surface area contributed by atoms with E-state index in [0.29, 0.717) is 5.69 Å². The minimum atomic E-state index is -0.314. The molecule has 0 bridgehead atoms. The number of carbonyl (C=O) groups is 2. The van der Waals surface area contributed by atoms with Crippen molar-refractivity contribution in [1.82, 2.24) is 5.32 Å². The summed E-state index contributed by atoms with van der Waals surface area (Å²) in [6.45, 7) is 3.70. The molecule has 0 saturated heterocycles. The Hall–Kier alpha value is -1.36. The molecular weight excluding hydrogens is 284 g/mol. The van der Waals surface area contributed by atoms with Crippen LogP contribution in [0.2, 0.25) is 0 Å². The molecule has 2 amide bonds. The highest BCUT2D eigenvalue weighted by molar-refractivity contribution is 9.10. The van der Waals surface area contributed by atoms with Crippen LogP contribution in [0.5, 0.6) is 0 Å². The van der Waals surface area contributed by atoms with Crippen LogP contribution >= 0.6 is 15.9 Å². The van der Waals surface area contributed by atoms with Crippen LogP contribution in [0.1, 0.15) is 20.3 Å². The molecule has 92 valence electrons. The van der Waals surface area contributed by atoms with Gasteiger partial charge < -0.3 is 10.6 Å². The first-order valence-electron chi connectivity index (χ1n) is 5.32. The number of halogens is 1. The van der Waals surface area contributed by atoms with Gasteiger partial charge in [-0.2, -0.15) is 0 Å². The molecule has 0 aromatic heterocycles. The topological polar surface area (TPSA) is 58.2 Å². The molecular formula is C12H15BrN2O2. The summed E-state index contributed by atoms with van der Waals surface area (Å²) >= 11 is 3.30. The Labute approximate surface area is 109 Å². The normalized spacial score (nSPS) is 10.1. The molecule has 0 fully saturated rings. The molecule has 0 aliphatic rings. The molecule has 1 aromatic carbocycles. The van der Waals surface area contributed by atoms with Crippen molar-refractivity contribution in [2.24, 2.45) is 0 Å². The Morgan fingerprint density at radius 2 is 1.76 bits per heavy atom. The Bertz CT molecular complexity index is 401. The number of benzene rings is 1. The summed E-state index contributed by atoms with van der Waals surface area (Å²) in [6.07, 6.45) is -0.158. The van der Waals surface area contributed by atoms with Gasteiger partial charge in [0.15, 0.2) is 0 Å². The summed E-state index contributed by atoms with van der Waals surface area (Å²) in [5.41, 5.74) is 0.676. The van der Waals surface area contributed by atoms with Gasteiger partial charge in [0.2, 0.25) is 11.8 Å². The number of rotatable bonds is 4. The fraction of sp³-hybridized carbons (Fsp3) is 0.333. The van der Waals surface area contributed by atoms with Crippen LogP contribution in [0.15, 0.2) is 28.7 Å². The van der Waals surface area contributed by atoms with E-state index in [-0.39, 0.29) is 24.3 Å². The van der Waals surface area contributed by atoms with E-state index in [1.807, 2.05) is 26.0 Å². The summed E-state index contributed by atoms with van der Waals surface area (Å²) in [5.74, 6) is -0.583. The molecule has 2 N–H and O–H groups in total. The molecule has 5 heteroatoms. The minimum absolute atomic E-state index is 0.0444. The molecule has 0 atom stereocenters. The Balaban J connectivity index is 2.44. The van der Waals surface area contributed by atoms with Gasteiger partial charge in [-0.3, -0.25) is 9.59 Å². The van der Waals surface area contributed by atoms with Gasteiger partial charge in [0.25, 0.3) is 0 Å². The highest BCUT2D eigenvalue weighted by atomic mass is 79.9. The van der Waals surface area contributed by atoms with E-state index in [0.717, 1.165) is 4.47 Å². The Morgan fingerprint density at radius 3 is 2.29 bits per heavy atom. The first-order chi connectivity index (χ1) is 7.97. The van der Waals surface area contributed by atoms with Crippen molar-refractivity contribution < 1.29 is 9.59 Å². The Kier molecular flexibility index (Phi) is 5.15. The van der Waals surface area contributed by atoms with Crippen LogP contribution < -0.4 is 10.6 Å². The predicted octanol–water partition coefficient (Wildman–Crippen LogP) is 2.30. The lowest BCUT2D eigenvalue weighted by atomic mass is 10.3. The Morgan fingerprint density at radius 1 is 1.18 bits per heavy atom. The molecule has 17 heavy (non-hydrogen) atoms. The highest BCUT2D eigenvalue weighted by Crippen LogP contribution is 2.14. The molecule has 0 aliphatic heterocycles. The number of carbonyl (C=O) groups excluding carboxylic acids is 2. The summed E-state index contributed by atoms with van der Waals surface area (Å²) < 4.78 is 0.938. The van der Waals surface area contributed by atoms with E-state index in [1.165, 1.54) is 0 Å². The van der Waals surface area contributed by atoms with E-state index in [9.17, 15) is 9.59 Å². The van der Waals surface area contributed by atoms with Crippen molar-refractivity contribution >= 4 is 33.4 Å². The molecule has 0 unspecified atom stereocenters. The standard InChI is InChI=1S/C12H15BrN2O2/c1-8(2)14-11(16)7-12(17)15-10-5-3-9(13)4-6-10/h3-6,8H,7H2,1-2H3,(H,14,16)(H,15,17). The summed E-state index contributed by atoms with van der Waals surface area (Å²) in [6, 6.07) is 7.22. The summed E-state index contributed by atoms with van der Waals surface area (Å²) in [7, 11) is 0. The molecule has 1 rings (SSSR count). The van der Waals surface area contributed by atoms with Crippen molar-refractivity contribution in [3.8, 4) is 0 Å². The number of anilines is 1. The van der Waals surface area contributed by atoms with Gasteiger partial charge in [-0.15, -0.1) is 0 Å². The smallest absolute Gasteiger partial charge is 0.233 e. The van der Waals surface area contributed by atoms with Crippen LogP contribution in [0.4, 0.5) is 5.69 Å². The second kappa shape index (κ2) is 6.39. The fourth-order valence-corrected chi connectivity index (χ4v) is 1.52. The van der Waals surface area contributed by atoms with Crippen molar-refractivity contribution in [2.45, 2.75) is 26.3 Å². The SMILES string of the molecule is CC(C)NC(=O)CC(=O)Nc1ccc(Br)cc1. The van der Waals surface area contributed by atoms with Gasteiger partial charge >= 0.3 is 0 Å². The number of nitrogens with one attached hydrogen (secondary N) is 2. The van der Waals surface area contributed by atoms with Crippen molar-refractivity contribution in [1.29, 1.82) is 0 Å². The summed E-state index contributed by atoms with van der Waals surface area (Å²) in [4.78, 5) is 22.8. The van der Waals surface area contributed by atoms with Gasteiger partial charge in [0.1, 0.15) is 6.42 Å². The van der Waals surface area contributed by atoms with Gasteiger partial charge in [-0.25, -0.2) is 0 Å². The third-order valence-electron chi connectivity index (χ3n) is 1.90. The van der Waals surface area contributed by atoms with Crippen molar-refractivity contribution in [3.63, 3.8) is 0 Å². The monoisotopic (exact) mass is 298 g/mol. The van der Waals surface area contributed by atoms with E-state index in [1.54, 1.807) is 12.1 Å². The zero-order chi connectivity index (χ0) is 12.8. The quantitative estimate of drug-likeness (QED) is 0.838. The predicted molar refractivity (Wildman–Crippen MR) is 70.7 cm³/mol. The average molecular weight is 299 g/mol. The lowest BCUT2D eigenvalue weighted by molar-refractivity contribution is -0.127. The summed E-state index contributed by atoms with van der Waals surface area (Å²) in [5, 5.41) is 5.31.